The molecule has 3 atom stereocenters. The molecule has 1 spiro atoms. The summed E-state index contributed by atoms with van der Waals surface area (Å²) in [6.45, 7) is 5.17. The summed E-state index contributed by atoms with van der Waals surface area (Å²) in [6, 6.07) is 5.74. The molecule has 2 saturated carbocycles. The number of carbonyl (C=O) groups is 2. The van der Waals surface area contributed by atoms with Crippen LogP contribution in [0.4, 0.5) is 0 Å². The molecule has 2 heterocycles. The quantitative estimate of drug-likeness (QED) is 0.513. The Morgan fingerprint density at radius 1 is 1.11 bits per heavy atom. The van der Waals surface area contributed by atoms with Crippen molar-refractivity contribution in [2.45, 2.75) is 90.3 Å². The Bertz CT molecular complexity index is 980. The van der Waals surface area contributed by atoms with Gasteiger partial charge in [-0.2, -0.15) is 0 Å². The fourth-order valence-corrected chi connectivity index (χ4v) is 8.01. The lowest BCUT2D eigenvalue weighted by Gasteiger charge is -2.48. The van der Waals surface area contributed by atoms with Gasteiger partial charge < -0.3 is 14.9 Å². The van der Waals surface area contributed by atoms with Crippen LogP contribution in [0, 0.1) is 23.2 Å². The number of benzene rings is 1. The molecule has 3 fully saturated rings. The molecule has 3 unspecified atom stereocenters. The average molecular weight is 510 g/mol. The third-order valence-corrected chi connectivity index (χ3v) is 10.2. The van der Waals surface area contributed by atoms with Crippen molar-refractivity contribution >= 4 is 11.8 Å². The predicted molar refractivity (Wildman–Crippen MR) is 146 cm³/mol. The summed E-state index contributed by atoms with van der Waals surface area (Å²) < 4.78 is 0. The van der Waals surface area contributed by atoms with E-state index in [9.17, 15) is 14.7 Å². The number of amides is 2. The van der Waals surface area contributed by atoms with Crippen LogP contribution < -0.4 is 0 Å². The van der Waals surface area contributed by atoms with Crippen LogP contribution >= 0.6 is 0 Å². The third kappa shape index (κ3) is 5.34. The first-order valence-electron chi connectivity index (χ1n) is 14.8. The van der Waals surface area contributed by atoms with Gasteiger partial charge in [0.25, 0.3) is 5.91 Å². The van der Waals surface area contributed by atoms with E-state index in [2.05, 4.69) is 11.8 Å². The van der Waals surface area contributed by atoms with Gasteiger partial charge in [-0.25, -0.2) is 0 Å². The average Bonchev–Trinajstić information content (AvgIpc) is 3.49. The molecule has 1 aromatic carbocycles. The van der Waals surface area contributed by atoms with Crippen LogP contribution in [0.15, 0.2) is 18.2 Å². The summed E-state index contributed by atoms with van der Waals surface area (Å²) >= 11 is 0. The first kappa shape index (κ1) is 26.7. The van der Waals surface area contributed by atoms with E-state index in [0.29, 0.717) is 18.4 Å². The van der Waals surface area contributed by atoms with Crippen LogP contribution in [0.5, 0.6) is 0 Å². The van der Waals surface area contributed by atoms with E-state index in [1.165, 1.54) is 44.9 Å². The fourth-order valence-electron chi connectivity index (χ4n) is 8.01. The maximum absolute atomic E-state index is 13.6. The predicted octanol–water partition coefficient (Wildman–Crippen LogP) is 5.21. The van der Waals surface area contributed by atoms with Gasteiger partial charge in [-0.1, -0.05) is 64.0 Å². The Hall–Kier alpha value is -1.92. The van der Waals surface area contributed by atoms with Gasteiger partial charge in [0.15, 0.2) is 0 Å². The van der Waals surface area contributed by atoms with Crippen molar-refractivity contribution in [1.82, 2.24) is 14.7 Å². The maximum atomic E-state index is 13.6. The van der Waals surface area contributed by atoms with Crippen LogP contribution in [0.1, 0.15) is 105 Å². The molecule has 0 aromatic heterocycles. The van der Waals surface area contributed by atoms with E-state index in [-0.39, 0.29) is 17.2 Å². The van der Waals surface area contributed by atoms with E-state index < -0.39 is 6.23 Å². The normalized spacial score (nSPS) is 25.6. The van der Waals surface area contributed by atoms with Crippen molar-refractivity contribution in [2.24, 2.45) is 23.2 Å². The Labute approximate surface area is 223 Å². The highest BCUT2D eigenvalue weighted by molar-refractivity contribution is 5.98. The van der Waals surface area contributed by atoms with Gasteiger partial charge in [-0.15, -0.1) is 0 Å². The second kappa shape index (κ2) is 11.1. The van der Waals surface area contributed by atoms with Crippen LogP contribution in [-0.4, -0.2) is 65.4 Å². The zero-order valence-electron chi connectivity index (χ0n) is 23.3. The molecule has 1 saturated heterocycles. The van der Waals surface area contributed by atoms with Crippen molar-refractivity contribution in [3.8, 4) is 0 Å². The molecule has 6 nitrogen and oxygen atoms in total. The third-order valence-electron chi connectivity index (χ3n) is 10.2. The summed E-state index contributed by atoms with van der Waals surface area (Å²) in [5.41, 5.74) is 2.68. The van der Waals surface area contributed by atoms with Crippen molar-refractivity contribution in [3.05, 3.63) is 34.9 Å². The molecule has 37 heavy (non-hydrogen) atoms. The minimum Gasteiger partial charge on any atom is -0.374 e. The molecule has 0 radical (unpaired) electrons. The molecule has 0 bridgehead atoms. The molecule has 204 valence electrons. The van der Waals surface area contributed by atoms with Crippen LogP contribution in [0.25, 0.3) is 0 Å². The zero-order chi connectivity index (χ0) is 26.2. The second-order valence-electron chi connectivity index (χ2n) is 12.9. The number of aliphatic hydroxyl groups excluding tert-OH is 1. The van der Waals surface area contributed by atoms with E-state index in [4.69, 9.17) is 0 Å². The van der Waals surface area contributed by atoms with Gasteiger partial charge in [0.1, 0.15) is 6.23 Å². The van der Waals surface area contributed by atoms with E-state index in [1.54, 1.807) is 4.90 Å². The molecular formula is C31H47N3O3. The van der Waals surface area contributed by atoms with Gasteiger partial charge in [0, 0.05) is 43.2 Å². The van der Waals surface area contributed by atoms with Gasteiger partial charge in [-0.3, -0.25) is 14.5 Å². The molecular weight excluding hydrogens is 462 g/mol. The number of aliphatic hydroxyl groups is 1. The van der Waals surface area contributed by atoms with E-state index in [1.807, 2.05) is 37.2 Å². The van der Waals surface area contributed by atoms with Crippen molar-refractivity contribution in [2.75, 3.05) is 33.7 Å². The zero-order valence-corrected chi connectivity index (χ0v) is 23.3. The van der Waals surface area contributed by atoms with Gasteiger partial charge in [-0.05, 0) is 68.7 Å². The first-order valence-corrected chi connectivity index (χ1v) is 14.8. The molecule has 4 aliphatic rings. The number of rotatable bonds is 7. The summed E-state index contributed by atoms with van der Waals surface area (Å²) in [5.74, 6) is 1.73. The second-order valence-corrected chi connectivity index (χ2v) is 12.9. The highest BCUT2D eigenvalue weighted by Gasteiger charge is 2.48. The van der Waals surface area contributed by atoms with Crippen LogP contribution in [0.2, 0.25) is 0 Å². The Kier molecular flexibility index (Phi) is 7.97. The van der Waals surface area contributed by atoms with Crippen molar-refractivity contribution in [3.63, 3.8) is 0 Å². The number of likely N-dealkylation sites (tertiary alicyclic amines) is 1. The highest BCUT2D eigenvalue weighted by Crippen LogP contribution is 2.49. The van der Waals surface area contributed by atoms with Crippen LogP contribution in [-0.2, 0) is 11.3 Å². The Morgan fingerprint density at radius 3 is 2.54 bits per heavy atom. The van der Waals surface area contributed by atoms with Crippen LogP contribution in [0.3, 0.4) is 0 Å². The summed E-state index contributed by atoms with van der Waals surface area (Å²) in [6.07, 6.45) is 12.7. The molecule has 2 aliphatic heterocycles. The summed E-state index contributed by atoms with van der Waals surface area (Å²) in [7, 11) is 3.71. The monoisotopic (exact) mass is 509 g/mol. The minimum absolute atomic E-state index is 0.0931. The maximum Gasteiger partial charge on any atom is 0.254 e. The number of nitrogens with zero attached hydrogens (tertiary/aromatic N) is 3. The largest absolute Gasteiger partial charge is 0.374 e. The molecule has 2 amide bonds. The van der Waals surface area contributed by atoms with Gasteiger partial charge >= 0.3 is 0 Å². The highest BCUT2D eigenvalue weighted by atomic mass is 16.3. The number of hydrogen-bond acceptors (Lipinski definition) is 4. The molecule has 6 heteroatoms. The summed E-state index contributed by atoms with van der Waals surface area (Å²) in [5, 5.41) is 10.7. The van der Waals surface area contributed by atoms with Crippen molar-refractivity contribution in [1.29, 1.82) is 0 Å². The Morgan fingerprint density at radius 2 is 1.84 bits per heavy atom. The number of carbonyl (C=O) groups excluding carboxylic acids is 2. The Balaban J connectivity index is 1.26. The number of hydrogen-bond donors (Lipinski definition) is 1. The van der Waals surface area contributed by atoms with E-state index >= 15 is 0 Å². The number of piperidine rings is 1. The minimum atomic E-state index is -0.714. The SMILES string of the molecule is CC(CC1CCCCC1)C(=O)N1CCC(CN2Cc3c(cccc3C(O)N(C)C)C2=O)C2(CCCC2)C1. The molecule has 5 rings (SSSR count). The summed E-state index contributed by atoms with van der Waals surface area (Å²) in [4.78, 5) is 33.0. The lowest BCUT2D eigenvalue weighted by molar-refractivity contribution is -0.141. The topological polar surface area (TPSA) is 64.1 Å². The van der Waals surface area contributed by atoms with E-state index in [0.717, 1.165) is 67.9 Å². The lowest BCUT2D eigenvalue weighted by Crippen LogP contribution is -2.53. The van der Waals surface area contributed by atoms with Gasteiger partial charge in [0.2, 0.25) is 5.91 Å². The fraction of sp³-hybridized carbons (Fsp3) is 0.742. The molecule has 1 aromatic rings. The molecule has 1 N–H and O–H groups in total. The lowest BCUT2D eigenvalue weighted by atomic mass is 9.69. The standard InChI is InChI=1S/C31H47N3O3/c1-22(18-23-10-5-4-6-11-23)28(35)33-17-14-24(31(21-33)15-7-8-16-31)19-34-20-27-25(29(36)32(2)3)12-9-13-26(27)30(34)37/h9,12-13,22-24,29,36H,4-8,10-11,14-21H2,1-3H3. The number of fused-ring (bicyclic) bond motifs is 1. The van der Waals surface area contributed by atoms with Crippen molar-refractivity contribution < 1.29 is 14.7 Å². The van der Waals surface area contributed by atoms with Gasteiger partial charge in [0.05, 0.1) is 0 Å². The molecule has 2 aliphatic carbocycles. The smallest absolute Gasteiger partial charge is 0.254 e. The first-order chi connectivity index (χ1) is 17.8.